The Balaban J connectivity index is 1.74. The Hall–Kier alpha value is -2.07. The summed E-state index contributed by atoms with van der Waals surface area (Å²) in [5, 5.41) is 13.2. The molecule has 4 heteroatoms. The van der Waals surface area contributed by atoms with E-state index in [1.165, 1.54) is 0 Å². The summed E-state index contributed by atoms with van der Waals surface area (Å²) in [4.78, 5) is 5.50. The fourth-order valence-electron chi connectivity index (χ4n) is 2.20. The Kier molecular flexibility index (Phi) is 3.34. The zero-order chi connectivity index (χ0) is 13.1. The van der Waals surface area contributed by atoms with Gasteiger partial charge in [-0.3, -0.25) is 0 Å². The van der Waals surface area contributed by atoms with Gasteiger partial charge in [0.25, 0.3) is 0 Å². The van der Waals surface area contributed by atoms with Crippen LogP contribution in [0.1, 0.15) is 23.7 Å². The van der Waals surface area contributed by atoms with Gasteiger partial charge in [-0.05, 0) is 11.1 Å². The van der Waals surface area contributed by atoms with Gasteiger partial charge in [0.1, 0.15) is 0 Å². The van der Waals surface area contributed by atoms with E-state index in [-0.39, 0.29) is 13.6 Å². The molecule has 1 aliphatic heterocycles. The highest BCUT2D eigenvalue weighted by Gasteiger charge is 2.23. The van der Waals surface area contributed by atoms with Crippen molar-refractivity contribution in [3.05, 3.63) is 65.7 Å². The van der Waals surface area contributed by atoms with E-state index in [4.69, 9.17) is 9.86 Å². The molecule has 1 N–H and O–H groups in total. The molecule has 3 nitrogen and oxygen atoms in total. The van der Waals surface area contributed by atoms with Crippen molar-refractivity contribution in [3.63, 3.8) is 0 Å². The maximum Gasteiger partial charge on any atom is 0.304 e. The van der Waals surface area contributed by atoms with Gasteiger partial charge in [-0.15, -0.1) is 0 Å². The first-order valence-corrected chi connectivity index (χ1v) is 6.34. The molecule has 0 amide bonds. The molecule has 1 atom stereocenters. The van der Waals surface area contributed by atoms with Crippen molar-refractivity contribution in [1.82, 2.24) is 0 Å². The highest BCUT2D eigenvalue weighted by atomic mass is 16.6. The highest BCUT2D eigenvalue weighted by Crippen LogP contribution is 2.28. The lowest BCUT2D eigenvalue weighted by molar-refractivity contribution is 0.0857. The van der Waals surface area contributed by atoms with Gasteiger partial charge in [0.05, 0.1) is 5.71 Å². The molecule has 2 aromatic rings. The second kappa shape index (κ2) is 5.28. The molecule has 0 aliphatic carbocycles. The number of benzene rings is 2. The van der Waals surface area contributed by atoms with E-state index in [1.807, 2.05) is 42.5 Å². The van der Waals surface area contributed by atoms with Gasteiger partial charge in [-0.2, -0.15) is 0 Å². The van der Waals surface area contributed by atoms with E-state index in [9.17, 15) is 0 Å². The monoisotopic (exact) mass is 251 g/mol. The Morgan fingerprint density at radius 2 is 1.79 bits per heavy atom. The molecule has 0 spiro atoms. The van der Waals surface area contributed by atoms with E-state index in [0.717, 1.165) is 28.7 Å². The second-order valence-electron chi connectivity index (χ2n) is 4.60. The van der Waals surface area contributed by atoms with Gasteiger partial charge in [-0.25, -0.2) is 0 Å². The predicted octanol–water partition coefficient (Wildman–Crippen LogP) is 1.52. The maximum atomic E-state index is 9.03. The number of hydrogen-bond acceptors (Lipinski definition) is 3. The molecule has 1 aliphatic rings. The van der Waals surface area contributed by atoms with Crippen LogP contribution in [0.3, 0.4) is 0 Å². The van der Waals surface area contributed by atoms with Crippen LogP contribution < -0.4 is 5.46 Å². The topological polar surface area (TPSA) is 41.8 Å². The number of nitrogens with zero attached hydrogens (tertiary/aromatic N) is 1. The summed E-state index contributed by atoms with van der Waals surface area (Å²) >= 11 is 0. The molecule has 94 valence electrons. The van der Waals surface area contributed by atoms with Crippen molar-refractivity contribution < 1.29 is 9.86 Å². The number of hydrogen-bond donors (Lipinski definition) is 1. The van der Waals surface area contributed by atoms with Crippen LogP contribution in [0.5, 0.6) is 0 Å². The predicted molar refractivity (Wildman–Crippen MR) is 76.9 cm³/mol. The third-order valence-corrected chi connectivity index (χ3v) is 3.31. The summed E-state index contributed by atoms with van der Waals surface area (Å²) in [6.07, 6.45) is 0.788. The fourth-order valence-corrected chi connectivity index (χ4v) is 2.20. The minimum atomic E-state index is 0.00807. The van der Waals surface area contributed by atoms with Crippen LogP contribution in [0.2, 0.25) is 0 Å². The van der Waals surface area contributed by atoms with Gasteiger partial charge >= 0.3 is 7.48 Å². The lowest BCUT2D eigenvalue weighted by atomic mass is 9.87. The molecule has 1 unspecified atom stereocenters. The van der Waals surface area contributed by atoms with Crippen molar-refractivity contribution in [2.75, 3.05) is 0 Å². The summed E-state index contributed by atoms with van der Waals surface area (Å²) in [5.41, 5.74) is 4.06. The molecular weight excluding hydrogens is 237 g/mol. The van der Waals surface area contributed by atoms with Gasteiger partial charge in [-0.1, -0.05) is 65.2 Å². The van der Waals surface area contributed by atoms with Crippen LogP contribution in [0.25, 0.3) is 0 Å². The van der Waals surface area contributed by atoms with Gasteiger partial charge in [0, 0.05) is 6.42 Å². The Morgan fingerprint density at radius 1 is 1.05 bits per heavy atom. The van der Waals surface area contributed by atoms with Crippen molar-refractivity contribution >= 4 is 18.7 Å². The lowest BCUT2D eigenvalue weighted by Gasteiger charge is -2.07. The molecule has 19 heavy (non-hydrogen) atoms. The summed E-state index contributed by atoms with van der Waals surface area (Å²) in [6.45, 7) is 0. The van der Waals surface area contributed by atoms with E-state index < -0.39 is 0 Å². The summed E-state index contributed by atoms with van der Waals surface area (Å²) in [6, 6.07) is 17.9. The third-order valence-electron chi connectivity index (χ3n) is 3.31. The largest absolute Gasteiger partial charge is 0.449 e. The van der Waals surface area contributed by atoms with E-state index in [1.54, 1.807) is 0 Å². The fraction of sp³-hybridized carbons (Fsp3) is 0.133. The third kappa shape index (κ3) is 2.54. The van der Waals surface area contributed by atoms with Crippen LogP contribution in [0, 0.1) is 0 Å². The average Bonchev–Trinajstić information content (AvgIpc) is 2.98. The first-order chi connectivity index (χ1) is 9.36. The van der Waals surface area contributed by atoms with Gasteiger partial charge in [0.15, 0.2) is 6.10 Å². The molecule has 0 radical (unpaired) electrons. The Morgan fingerprint density at radius 3 is 2.47 bits per heavy atom. The normalized spacial score (nSPS) is 17.7. The lowest BCUT2D eigenvalue weighted by Crippen LogP contribution is -2.13. The first-order valence-electron chi connectivity index (χ1n) is 6.34. The summed E-state index contributed by atoms with van der Waals surface area (Å²) in [7, 11) is 0.0654. The smallest absolute Gasteiger partial charge is 0.304 e. The molecule has 2 aromatic carbocycles. The zero-order valence-electron chi connectivity index (χ0n) is 10.5. The minimum Gasteiger partial charge on any atom is -0.449 e. The summed E-state index contributed by atoms with van der Waals surface area (Å²) < 4.78 is 0. The Bertz CT molecular complexity index is 581. The summed E-state index contributed by atoms with van der Waals surface area (Å²) in [5.74, 6) is 0. The van der Waals surface area contributed by atoms with Gasteiger partial charge < -0.3 is 9.86 Å². The van der Waals surface area contributed by atoms with Crippen LogP contribution >= 0.6 is 0 Å². The van der Waals surface area contributed by atoms with E-state index >= 15 is 0 Å². The van der Waals surface area contributed by atoms with Crippen molar-refractivity contribution in [1.29, 1.82) is 0 Å². The molecular formula is C15H14BNO2. The molecule has 0 saturated carbocycles. The standard InChI is InChI=1S/C15H14BNO2/c18-16-13-8-6-11(7-9-13)14-10-15(19-17-14)12-4-2-1-3-5-12/h1-9,15-16,18H,10H2. The SMILES string of the molecule is OBc1ccc(C2=NOC(c3ccccc3)C2)cc1. The number of rotatable bonds is 3. The quantitative estimate of drug-likeness (QED) is 0.840. The molecule has 0 fully saturated rings. The van der Waals surface area contributed by atoms with Crippen molar-refractivity contribution in [2.24, 2.45) is 5.16 Å². The van der Waals surface area contributed by atoms with Crippen LogP contribution in [0.15, 0.2) is 59.8 Å². The highest BCUT2D eigenvalue weighted by molar-refractivity contribution is 6.45. The molecule has 0 bridgehead atoms. The first kappa shape index (κ1) is 12.0. The second-order valence-corrected chi connectivity index (χ2v) is 4.60. The molecule has 1 heterocycles. The number of oxime groups is 1. The van der Waals surface area contributed by atoms with Crippen LogP contribution in [-0.4, -0.2) is 18.2 Å². The maximum absolute atomic E-state index is 9.03. The van der Waals surface area contributed by atoms with Crippen LogP contribution in [0.4, 0.5) is 0 Å². The van der Waals surface area contributed by atoms with E-state index in [0.29, 0.717) is 0 Å². The average molecular weight is 251 g/mol. The van der Waals surface area contributed by atoms with E-state index in [2.05, 4.69) is 17.3 Å². The zero-order valence-corrected chi connectivity index (χ0v) is 10.5. The molecule has 0 saturated heterocycles. The molecule has 3 rings (SSSR count). The minimum absolute atomic E-state index is 0.00807. The van der Waals surface area contributed by atoms with Crippen LogP contribution in [-0.2, 0) is 4.84 Å². The molecule has 0 aromatic heterocycles. The Labute approximate surface area is 112 Å². The van der Waals surface area contributed by atoms with Crippen molar-refractivity contribution in [2.45, 2.75) is 12.5 Å². The van der Waals surface area contributed by atoms with Gasteiger partial charge in [0.2, 0.25) is 0 Å². The van der Waals surface area contributed by atoms with Crippen molar-refractivity contribution in [3.8, 4) is 0 Å².